The average Bonchev–Trinajstić information content (AvgIpc) is 3.25. The molecule has 0 bridgehead atoms. The Morgan fingerprint density at radius 2 is 2.07 bits per heavy atom. The van der Waals surface area contributed by atoms with E-state index in [0.29, 0.717) is 29.9 Å². The van der Waals surface area contributed by atoms with Gasteiger partial charge in [0.1, 0.15) is 5.82 Å². The molecule has 162 valence electrons. The zero-order valence-electron chi connectivity index (χ0n) is 17.8. The van der Waals surface area contributed by atoms with E-state index >= 15 is 0 Å². The molecule has 2 aromatic rings. The fourth-order valence-corrected chi connectivity index (χ4v) is 4.60. The van der Waals surface area contributed by atoms with Gasteiger partial charge in [-0.2, -0.15) is 4.98 Å². The van der Waals surface area contributed by atoms with Crippen LogP contribution in [0.2, 0.25) is 0 Å². The lowest BCUT2D eigenvalue weighted by Gasteiger charge is -2.36. The second kappa shape index (κ2) is 9.25. The van der Waals surface area contributed by atoms with Crippen LogP contribution in [0.25, 0.3) is 11.4 Å². The predicted molar refractivity (Wildman–Crippen MR) is 112 cm³/mol. The van der Waals surface area contributed by atoms with E-state index < -0.39 is 0 Å². The van der Waals surface area contributed by atoms with Crippen molar-refractivity contribution >= 4 is 5.91 Å². The van der Waals surface area contributed by atoms with Crippen molar-refractivity contribution in [1.82, 2.24) is 20.4 Å². The van der Waals surface area contributed by atoms with Gasteiger partial charge in [0.25, 0.3) is 0 Å². The highest BCUT2D eigenvalue weighted by Gasteiger charge is 2.32. The number of aromatic nitrogens is 2. The summed E-state index contributed by atoms with van der Waals surface area (Å²) in [4.78, 5) is 19.5. The number of amides is 1. The van der Waals surface area contributed by atoms with Crippen molar-refractivity contribution in [1.29, 1.82) is 0 Å². The quantitative estimate of drug-likeness (QED) is 0.796. The minimum atomic E-state index is -0.324. The molecule has 2 aliphatic rings. The lowest BCUT2D eigenvalue weighted by molar-refractivity contribution is -0.127. The Kier molecular flexibility index (Phi) is 6.46. The van der Waals surface area contributed by atoms with Crippen LogP contribution < -0.4 is 5.32 Å². The summed E-state index contributed by atoms with van der Waals surface area (Å²) in [6.07, 6.45) is 6.45. The standard InChI is InChI=1S/C23H31FN4O2/c1-15-8-10-20(11-9-15)25-22(29)16(2)28-12-4-6-18(14-28)23-26-21(27-30-23)17-5-3-7-19(24)13-17/h3,5,7,13,15-16,18,20H,4,6,8-12,14H2,1-2H3,(H,25,29). The summed E-state index contributed by atoms with van der Waals surface area (Å²) in [6, 6.07) is 6.32. The molecule has 1 amide bonds. The van der Waals surface area contributed by atoms with Crippen LogP contribution in [0.15, 0.2) is 28.8 Å². The van der Waals surface area contributed by atoms with Gasteiger partial charge in [-0.3, -0.25) is 9.69 Å². The van der Waals surface area contributed by atoms with E-state index in [9.17, 15) is 9.18 Å². The number of likely N-dealkylation sites (tertiary alicyclic amines) is 1. The normalized spacial score (nSPS) is 26.3. The van der Waals surface area contributed by atoms with Crippen molar-refractivity contribution in [3.05, 3.63) is 36.0 Å². The van der Waals surface area contributed by atoms with Crippen LogP contribution in [0.5, 0.6) is 0 Å². The van der Waals surface area contributed by atoms with Crippen LogP contribution in [0.3, 0.4) is 0 Å². The van der Waals surface area contributed by atoms with Gasteiger partial charge < -0.3 is 9.84 Å². The lowest BCUT2D eigenvalue weighted by atomic mass is 9.87. The van der Waals surface area contributed by atoms with Crippen molar-refractivity contribution in [2.45, 2.75) is 70.4 Å². The molecule has 1 aliphatic heterocycles. The Labute approximate surface area is 177 Å². The minimum Gasteiger partial charge on any atom is -0.352 e. The van der Waals surface area contributed by atoms with Crippen molar-refractivity contribution in [3.8, 4) is 11.4 Å². The Balaban J connectivity index is 1.36. The van der Waals surface area contributed by atoms with Gasteiger partial charge in [-0.1, -0.05) is 24.2 Å². The molecule has 6 nitrogen and oxygen atoms in total. The smallest absolute Gasteiger partial charge is 0.237 e. The molecule has 1 aliphatic carbocycles. The molecular formula is C23H31FN4O2. The summed E-state index contributed by atoms with van der Waals surface area (Å²) in [6.45, 7) is 5.86. The van der Waals surface area contributed by atoms with Gasteiger partial charge >= 0.3 is 0 Å². The molecule has 2 heterocycles. The highest BCUT2D eigenvalue weighted by molar-refractivity contribution is 5.81. The molecule has 30 heavy (non-hydrogen) atoms. The minimum absolute atomic E-state index is 0.0827. The van der Waals surface area contributed by atoms with Crippen LogP contribution in [0.1, 0.15) is 64.2 Å². The number of hydrogen-bond donors (Lipinski definition) is 1. The number of nitrogens with one attached hydrogen (secondary N) is 1. The zero-order chi connectivity index (χ0) is 21.1. The van der Waals surface area contributed by atoms with Crippen molar-refractivity contribution in [2.75, 3.05) is 13.1 Å². The number of carbonyl (C=O) groups is 1. The van der Waals surface area contributed by atoms with E-state index in [1.807, 2.05) is 6.92 Å². The van der Waals surface area contributed by atoms with E-state index in [2.05, 4.69) is 27.3 Å². The first-order valence-electron chi connectivity index (χ1n) is 11.1. The van der Waals surface area contributed by atoms with Gasteiger partial charge in [-0.05, 0) is 70.0 Å². The average molecular weight is 415 g/mol. The fourth-order valence-electron chi connectivity index (χ4n) is 4.60. The van der Waals surface area contributed by atoms with Crippen molar-refractivity contribution in [2.24, 2.45) is 5.92 Å². The third kappa shape index (κ3) is 4.89. The van der Waals surface area contributed by atoms with E-state index in [0.717, 1.165) is 38.1 Å². The first-order valence-corrected chi connectivity index (χ1v) is 11.1. The molecule has 1 N–H and O–H groups in total. The fraction of sp³-hybridized carbons (Fsp3) is 0.609. The molecule has 0 radical (unpaired) electrons. The van der Waals surface area contributed by atoms with E-state index in [1.54, 1.807) is 12.1 Å². The molecule has 2 atom stereocenters. The summed E-state index contributed by atoms with van der Waals surface area (Å²) in [5.74, 6) is 1.60. The predicted octanol–water partition coefficient (Wildman–Crippen LogP) is 4.14. The molecule has 1 aromatic carbocycles. The summed E-state index contributed by atoms with van der Waals surface area (Å²) < 4.78 is 19.0. The monoisotopic (exact) mass is 414 g/mol. The van der Waals surface area contributed by atoms with Gasteiger partial charge in [0.2, 0.25) is 17.6 Å². The number of hydrogen-bond acceptors (Lipinski definition) is 5. The molecule has 2 unspecified atom stereocenters. The van der Waals surface area contributed by atoms with Crippen LogP contribution in [0.4, 0.5) is 4.39 Å². The Bertz CT molecular complexity index is 862. The summed E-state index contributed by atoms with van der Waals surface area (Å²) >= 11 is 0. The van der Waals surface area contributed by atoms with E-state index in [-0.39, 0.29) is 23.7 Å². The highest BCUT2D eigenvalue weighted by atomic mass is 19.1. The first-order chi connectivity index (χ1) is 14.5. The molecule has 2 fully saturated rings. The van der Waals surface area contributed by atoms with Gasteiger partial charge in [-0.15, -0.1) is 0 Å². The molecule has 1 saturated carbocycles. The van der Waals surface area contributed by atoms with Crippen molar-refractivity contribution in [3.63, 3.8) is 0 Å². The maximum atomic E-state index is 13.5. The maximum Gasteiger partial charge on any atom is 0.237 e. The second-order valence-electron chi connectivity index (χ2n) is 8.94. The maximum absolute atomic E-state index is 13.5. The number of carbonyl (C=O) groups excluding carboxylic acids is 1. The summed E-state index contributed by atoms with van der Waals surface area (Å²) in [7, 11) is 0. The SMILES string of the molecule is CC1CCC(NC(=O)C(C)N2CCCC(c3nc(-c4cccc(F)c4)no3)C2)CC1. The Morgan fingerprint density at radius 1 is 1.27 bits per heavy atom. The number of halogens is 1. The van der Waals surface area contributed by atoms with Crippen LogP contribution in [-0.2, 0) is 4.79 Å². The molecule has 1 saturated heterocycles. The largest absolute Gasteiger partial charge is 0.352 e. The lowest BCUT2D eigenvalue weighted by Crippen LogP contribution is -2.51. The molecule has 1 aromatic heterocycles. The van der Waals surface area contributed by atoms with E-state index in [4.69, 9.17) is 4.52 Å². The summed E-state index contributed by atoms with van der Waals surface area (Å²) in [5, 5.41) is 7.30. The number of piperidine rings is 1. The Morgan fingerprint density at radius 3 is 2.83 bits per heavy atom. The number of nitrogens with zero attached hydrogens (tertiary/aromatic N) is 3. The first kappa shape index (κ1) is 21.0. The molecule has 7 heteroatoms. The van der Waals surface area contributed by atoms with Crippen LogP contribution in [0, 0.1) is 11.7 Å². The van der Waals surface area contributed by atoms with Crippen molar-refractivity contribution < 1.29 is 13.7 Å². The second-order valence-corrected chi connectivity index (χ2v) is 8.94. The van der Waals surface area contributed by atoms with Gasteiger partial charge in [-0.25, -0.2) is 4.39 Å². The van der Waals surface area contributed by atoms with Crippen LogP contribution >= 0.6 is 0 Å². The third-order valence-electron chi connectivity index (χ3n) is 6.62. The molecule has 4 rings (SSSR count). The molecular weight excluding hydrogens is 383 g/mol. The van der Waals surface area contributed by atoms with Gasteiger partial charge in [0.15, 0.2) is 0 Å². The highest BCUT2D eigenvalue weighted by Crippen LogP contribution is 2.29. The van der Waals surface area contributed by atoms with Crippen LogP contribution in [-0.4, -0.2) is 46.1 Å². The number of rotatable bonds is 5. The van der Waals surface area contributed by atoms with Gasteiger partial charge in [0, 0.05) is 18.2 Å². The number of benzene rings is 1. The zero-order valence-corrected chi connectivity index (χ0v) is 17.8. The summed E-state index contributed by atoms with van der Waals surface area (Å²) in [5.41, 5.74) is 0.604. The topological polar surface area (TPSA) is 71.3 Å². The molecule has 0 spiro atoms. The Hall–Kier alpha value is -2.28. The van der Waals surface area contributed by atoms with Gasteiger partial charge in [0.05, 0.1) is 12.0 Å². The third-order valence-corrected chi connectivity index (χ3v) is 6.62. The van der Waals surface area contributed by atoms with E-state index in [1.165, 1.54) is 25.0 Å².